The first kappa shape index (κ1) is 18.3. The summed E-state index contributed by atoms with van der Waals surface area (Å²) in [7, 11) is 1.35. The molecule has 0 aliphatic carbocycles. The number of ether oxygens (including phenoxy) is 2. The van der Waals surface area contributed by atoms with Crippen molar-refractivity contribution in [3.05, 3.63) is 52.8 Å². The molecule has 1 aromatic heterocycles. The number of nitrogens with zero attached hydrogens (tertiary/aromatic N) is 2. The zero-order chi connectivity index (χ0) is 18.4. The molecule has 0 unspecified atom stereocenters. The predicted octanol–water partition coefficient (Wildman–Crippen LogP) is 2.80. The van der Waals surface area contributed by atoms with Crippen LogP contribution in [0.5, 0.6) is 5.75 Å². The Morgan fingerprint density at radius 3 is 2.64 bits per heavy atom. The van der Waals surface area contributed by atoms with Crippen LogP contribution in [0.15, 0.2) is 30.3 Å². The number of benzene rings is 1. The highest BCUT2D eigenvalue weighted by Crippen LogP contribution is 2.19. The van der Waals surface area contributed by atoms with Crippen LogP contribution in [0.25, 0.3) is 0 Å². The Morgan fingerprint density at radius 2 is 1.96 bits per heavy atom. The number of ketones is 1. The molecule has 1 aromatic carbocycles. The Kier molecular flexibility index (Phi) is 5.96. The topological polar surface area (TPSA) is 81.3 Å². The number of aryl methyl sites for hydroxylation is 1. The molecule has 2 rings (SSSR count). The van der Waals surface area contributed by atoms with Gasteiger partial charge in [0.15, 0.2) is 6.61 Å². The van der Waals surface area contributed by atoms with Crippen LogP contribution in [0.2, 0.25) is 0 Å². The summed E-state index contributed by atoms with van der Waals surface area (Å²) >= 11 is 0. The highest BCUT2D eigenvalue weighted by Gasteiger charge is 2.17. The number of hydrogen-bond donors (Lipinski definition) is 0. The minimum absolute atomic E-state index is 0.153. The fourth-order valence-corrected chi connectivity index (χ4v) is 2.64. The predicted molar refractivity (Wildman–Crippen MR) is 91.5 cm³/mol. The highest BCUT2D eigenvalue weighted by atomic mass is 16.5. The maximum atomic E-state index is 12.5. The summed E-state index contributed by atoms with van der Waals surface area (Å²) in [5, 5.41) is 9.05. The van der Waals surface area contributed by atoms with Gasteiger partial charge < -0.3 is 14.0 Å². The molecule has 0 atom stereocenters. The summed E-state index contributed by atoms with van der Waals surface area (Å²) < 4.78 is 12.1. The van der Waals surface area contributed by atoms with Gasteiger partial charge in [-0.3, -0.25) is 9.59 Å². The number of Topliss-reactive ketones (excluding diaryl/α,β-unsaturated/α-hetero) is 1. The minimum atomic E-state index is -0.295. The van der Waals surface area contributed by atoms with Gasteiger partial charge in [-0.1, -0.05) is 12.1 Å². The lowest BCUT2D eigenvalue weighted by molar-refractivity contribution is -0.140. The molecule has 6 nitrogen and oxygen atoms in total. The van der Waals surface area contributed by atoms with Crippen molar-refractivity contribution in [2.24, 2.45) is 0 Å². The van der Waals surface area contributed by atoms with Crippen molar-refractivity contribution in [2.45, 2.75) is 26.8 Å². The first-order chi connectivity index (χ1) is 12.0. The van der Waals surface area contributed by atoms with Gasteiger partial charge in [-0.2, -0.15) is 5.26 Å². The highest BCUT2D eigenvalue weighted by molar-refractivity contribution is 5.98. The largest absolute Gasteiger partial charge is 0.484 e. The van der Waals surface area contributed by atoms with Crippen LogP contribution in [0.1, 0.15) is 33.7 Å². The van der Waals surface area contributed by atoms with Crippen LogP contribution in [-0.2, 0) is 16.1 Å². The van der Waals surface area contributed by atoms with Crippen LogP contribution in [0.3, 0.4) is 0 Å². The van der Waals surface area contributed by atoms with Gasteiger partial charge >= 0.3 is 5.97 Å². The lowest BCUT2D eigenvalue weighted by Crippen LogP contribution is -2.14. The van der Waals surface area contributed by atoms with E-state index in [-0.39, 0.29) is 24.8 Å². The van der Waals surface area contributed by atoms with Crippen LogP contribution < -0.4 is 4.74 Å². The Hall–Kier alpha value is -3.07. The van der Waals surface area contributed by atoms with Crippen molar-refractivity contribution >= 4 is 11.8 Å². The minimum Gasteiger partial charge on any atom is -0.484 e. The summed E-state index contributed by atoms with van der Waals surface area (Å²) in [6.45, 7) is 4.02. The van der Waals surface area contributed by atoms with Crippen molar-refractivity contribution in [2.75, 3.05) is 13.7 Å². The monoisotopic (exact) mass is 340 g/mol. The quantitative estimate of drug-likeness (QED) is 0.572. The summed E-state index contributed by atoms with van der Waals surface area (Å²) in [5.74, 6) is -0.0835. The number of rotatable bonds is 7. The maximum absolute atomic E-state index is 12.5. The molecule has 0 N–H and O–H groups in total. The van der Waals surface area contributed by atoms with E-state index in [9.17, 15) is 9.59 Å². The normalized spacial score (nSPS) is 10.2. The zero-order valence-electron chi connectivity index (χ0n) is 14.5. The van der Waals surface area contributed by atoms with E-state index in [0.717, 1.165) is 11.4 Å². The second-order valence-electron chi connectivity index (χ2n) is 5.58. The van der Waals surface area contributed by atoms with Gasteiger partial charge in [0.1, 0.15) is 11.8 Å². The van der Waals surface area contributed by atoms with Gasteiger partial charge in [0.2, 0.25) is 5.78 Å². The molecule has 25 heavy (non-hydrogen) atoms. The summed E-state index contributed by atoms with van der Waals surface area (Å²) in [6.07, 6.45) is 0.243. The fraction of sp³-hybridized carbons (Fsp3) is 0.316. The van der Waals surface area contributed by atoms with E-state index in [4.69, 9.17) is 10.00 Å². The summed E-state index contributed by atoms with van der Waals surface area (Å²) in [6, 6.07) is 10.6. The van der Waals surface area contributed by atoms with Gasteiger partial charge in [-0.05, 0) is 32.0 Å². The molecule has 0 spiro atoms. The number of nitriles is 1. The smallest absolute Gasteiger partial charge is 0.307 e. The van der Waals surface area contributed by atoms with Crippen LogP contribution >= 0.6 is 0 Å². The molecule has 0 fully saturated rings. The number of carbonyl (C=O) groups is 2. The van der Waals surface area contributed by atoms with Crippen molar-refractivity contribution in [1.29, 1.82) is 5.26 Å². The molecular formula is C19H20N2O4. The Balaban J connectivity index is 2.09. The third-order valence-corrected chi connectivity index (χ3v) is 4.01. The lowest BCUT2D eigenvalue weighted by Gasteiger charge is -2.09. The molecule has 0 saturated carbocycles. The van der Waals surface area contributed by atoms with Gasteiger partial charge in [0.25, 0.3) is 0 Å². The molecule has 0 aliphatic heterocycles. The average molecular weight is 340 g/mol. The molecule has 0 aliphatic rings. The van der Waals surface area contributed by atoms with Crippen molar-refractivity contribution < 1.29 is 19.1 Å². The Labute approximate surface area is 146 Å². The van der Waals surface area contributed by atoms with E-state index in [1.165, 1.54) is 7.11 Å². The molecule has 6 heteroatoms. The number of hydrogen-bond acceptors (Lipinski definition) is 5. The third kappa shape index (κ3) is 4.27. The standard InChI is InChI=1S/C19H20N2O4/c1-13-10-16(14(2)21(13)9-8-19(23)24-3)17(22)12-25-18-7-5-4-6-15(18)11-20/h4-7,10H,8-9,12H2,1-3H3. The lowest BCUT2D eigenvalue weighted by atomic mass is 10.1. The molecule has 0 saturated heterocycles. The van der Waals surface area contributed by atoms with Crippen LogP contribution in [0.4, 0.5) is 0 Å². The molecular weight excluding hydrogens is 320 g/mol. The van der Waals surface area contributed by atoms with Crippen molar-refractivity contribution in [1.82, 2.24) is 4.57 Å². The number of aromatic nitrogens is 1. The number of esters is 1. The average Bonchev–Trinajstić information content (AvgIpc) is 2.91. The second-order valence-corrected chi connectivity index (χ2v) is 5.58. The molecule has 1 heterocycles. The van der Waals surface area contributed by atoms with Gasteiger partial charge in [-0.25, -0.2) is 0 Å². The number of carbonyl (C=O) groups excluding carboxylic acids is 2. The van der Waals surface area contributed by atoms with E-state index in [2.05, 4.69) is 4.74 Å². The second kappa shape index (κ2) is 8.15. The zero-order valence-corrected chi connectivity index (χ0v) is 14.5. The molecule has 0 amide bonds. The first-order valence-corrected chi connectivity index (χ1v) is 7.86. The van der Waals surface area contributed by atoms with E-state index in [1.807, 2.05) is 24.5 Å². The van der Waals surface area contributed by atoms with E-state index >= 15 is 0 Å². The van der Waals surface area contributed by atoms with E-state index in [0.29, 0.717) is 23.4 Å². The summed E-state index contributed by atoms with van der Waals surface area (Å²) in [4.78, 5) is 23.8. The fourth-order valence-electron chi connectivity index (χ4n) is 2.64. The third-order valence-electron chi connectivity index (χ3n) is 4.01. The van der Waals surface area contributed by atoms with Crippen molar-refractivity contribution in [3.63, 3.8) is 0 Å². The molecule has 0 radical (unpaired) electrons. The first-order valence-electron chi connectivity index (χ1n) is 7.86. The van der Waals surface area contributed by atoms with E-state index in [1.54, 1.807) is 30.3 Å². The maximum Gasteiger partial charge on any atom is 0.307 e. The number of methoxy groups -OCH3 is 1. The number of para-hydroxylation sites is 1. The Bertz CT molecular complexity index is 830. The van der Waals surface area contributed by atoms with Crippen molar-refractivity contribution in [3.8, 4) is 11.8 Å². The van der Waals surface area contributed by atoms with Gasteiger partial charge in [-0.15, -0.1) is 0 Å². The Morgan fingerprint density at radius 1 is 1.24 bits per heavy atom. The van der Waals surface area contributed by atoms with Gasteiger partial charge in [0, 0.05) is 23.5 Å². The molecule has 2 aromatic rings. The molecule has 0 bridgehead atoms. The molecule has 130 valence electrons. The van der Waals surface area contributed by atoms with Crippen LogP contribution in [0, 0.1) is 25.2 Å². The summed E-state index contributed by atoms with van der Waals surface area (Å²) in [5.41, 5.74) is 2.61. The van der Waals surface area contributed by atoms with Crippen LogP contribution in [-0.4, -0.2) is 30.0 Å². The SMILES string of the molecule is COC(=O)CCn1c(C)cc(C(=O)COc2ccccc2C#N)c1C. The van der Waals surface area contributed by atoms with Gasteiger partial charge in [0.05, 0.1) is 19.1 Å². The van der Waals surface area contributed by atoms with E-state index < -0.39 is 0 Å².